The van der Waals surface area contributed by atoms with Gasteiger partial charge in [-0.3, -0.25) is 0 Å². The number of nitrogens with zero attached hydrogens (tertiary/aromatic N) is 4. The van der Waals surface area contributed by atoms with Crippen molar-refractivity contribution in [3.8, 4) is 11.4 Å². The number of tetrazole rings is 1. The molecule has 0 fully saturated rings. The molecule has 0 unspecified atom stereocenters. The average molecular weight is 304 g/mol. The Labute approximate surface area is 125 Å². The molecule has 2 N–H and O–H groups in total. The highest BCUT2D eigenvalue weighted by Crippen LogP contribution is 2.25. The summed E-state index contributed by atoms with van der Waals surface area (Å²) < 4.78 is 15.2. The summed E-state index contributed by atoms with van der Waals surface area (Å²) in [7, 11) is 0. The van der Waals surface area contributed by atoms with Gasteiger partial charge in [-0.05, 0) is 34.7 Å². The molecule has 0 aliphatic rings. The summed E-state index contributed by atoms with van der Waals surface area (Å²) in [6.07, 6.45) is 0. The SMILES string of the molecule is Nc1cc(-c2nnnn2Cc2ccccc2F)ccc1Cl. The predicted molar refractivity (Wildman–Crippen MR) is 78.2 cm³/mol. The Bertz CT molecular complexity index is 787. The number of aromatic nitrogens is 4. The second-order valence-electron chi connectivity index (χ2n) is 4.49. The number of rotatable bonds is 3. The summed E-state index contributed by atoms with van der Waals surface area (Å²) in [6, 6.07) is 11.6. The molecule has 0 saturated heterocycles. The summed E-state index contributed by atoms with van der Waals surface area (Å²) >= 11 is 5.90. The maximum atomic E-state index is 13.7. The lowest BCUT2D eigenvalue weighted by atomic mass is 10.1. The molecule has 3 aromatic rings. The van der Waals surface area contributed by atoms with Gasteiger partial charge in [-0.1, -0.05) is 29.8 Å². The third-order valence-corrected chi connectivity index (χ3v) is 3.41. The minimum atomic E-state index is -0.297. The molecular formula is C14H11ClFN5. The largest absolute Gasteiger partial charge is 0.398 e. The standard InChI is InChI=1S/C14H11ClFN5/c15-11-6-5-9(7-13(11)17)14-18-19-20-21(14)8-10-3-1-2-4-12(10)16/h1-7H,8,17H2. The topological polar surface area (TPSA) is 69.6 Å². The van der Waals surface area contributed by atoms with E-state index >= 15 is 0 Å². The molecule has 7 heteroatoms. The van der Waals surface area contributed by atoms with Gasteiger partial charge in [0.15, 0.2) is 5.82 Å². The van der Waals surface area contributed by atoms with Crippen LogP contribution in [0.5, 0.6) is 0 Å². The number of anilines is 1. The van der Waals surface area contributed by atoms with Gasteiger partial charge in [0.1, 0.15) is 5.82 Å². The van der Waals surface area contributed by atoms with E-state index < -0.39 is 0 Å². The number of halogens is 2. The van der Waals surface area contributed by atoms with E-state index in [9.17, 15) is 4.39 Å². The van der Waals surface area contributed by atoms with Crippen LogP contribution in [0.4, 0.5) is 10.1 Å². The van der Waals surface area contributed by atoms with E-state index in [4.69, 9.17) is 17.3 Å². The molecule has 21 heavy (non-hydrogen) atoms. The molecule has 1 aromatic heterocycles. The quantitative estimate of drug-likeness (QED) is 0.755. The van der Waals surface area contributed by atoms with Gasteiger partial charge in [0.2, 0.25) is 0 Å². The monoisotopic (exact) mass is 303 g/mol. The summed E-state index contributed by atoms with van der Waals surface area (Å²) in [4.78, 5) is 0. The maximum absolute atomic E-state index is 13.7. The zero-order valence-electron chi connectivity index (χ0n) is 10.9. The molecule has 0 aliphatic heterocycles. The van der Waals surface area contributed by atoms with E-state index in [2.05, 4.69) is 15.5 Å². The summed E-state index contributed by atoms with van der Waals surface area (Å²) in [6.45, 7) is 0.234. The molecule has 2 aromatic carbocycles. The smallest absolute Gasteiger partial charge is 0.182 e. The predicted octanol–water partition coefficient (Wildman–Crippen LogP) is 2.76. The molecule has 0 amide bonds. The Balaban J connectivity index is 1.97. The highest BCUT2D eigenvalue weighted by atomic mass is 35.5. The normalized spacial score (nSPS) is 10.8. The number of benzene rings is 2. The Morgan fingerprint density at radius 1 is 1.19 bits per heavy atom. The van der Waals surface area contributed by atoms with Crippen molar-refractivity contribution in [3.63, 3.8) is 0 Å². The van der Waals surface area contributed by atoms with Crippen LogP contribution in [0.1, 0.15) is 5.56 Å². The van der Waals surface area contributed by atoms with Crippen LogP contribution in [0.3, 0.4) is 0 Å². The zero-order chi connectivity index (χ0) is 14.8. The van der Waals surface area contributed by atoms with Crippen LogP contribution >= 0.6 is 11.6 Å². The Kier molecular flexibility index (Phi) is 3.53. The average Bonchev–Trinajstić information content (AvgIpc) is 2.93. The highest BCUT2D eigenvalue weighted by molar-refractivity contribution is 6.33. The van der Waals surface area contributed by atoms with E-state index in [1.165, 1.54) is 10.7 Å². The summed E-state index contributed by atoms with van der Waals surface area (Å²) in [5.74, 6) is 0.205. The van der Waals surface area contributed by atoms with Gasteiger partial charge in [0, 0.05) is 11.1 Å². The van der Waals surface area contributed by atoms with Crippen molar-refractivity contribution in [3.05, 3.63) is 58.9 Å². The van der Waals surface area contributed by atoms with Gasteiger partial charge in [0.05, 0.1) is 17.3 Å². The van der Waals surface area contributed by atoms with Crippen molar-refractivity contribution in [2.24, 2.45) is 0 Å². The van der Waals surface area contributed by atoms with Crippen LogP contribution in [-0.4, -0.2) is 20.2 Å². The summed E-state index contributed by atoms with van der Waals surface area (Å²) in [5.41, 5.74) is 7.45. The van der Waals surface area contributed by atoms with Crippen molar-refractivity contribution < 1.29 is 4.39 Å². The number of nitrogen functional groups attached to an aromatic ring is 1. The molecule has 3 rings (SSSR count). The molecule has 0 spiro atoms. The molecule has 5 nitrogen and oxygen atoms in total. The first kappa shape index (κ1) is 13.5. The molecule has 0 radical (unpaired) electrons. The first-order chi connectivity index (χ1) is 10.1. The van der Waals surface area contributed by atoms with Gasteiger partial charge in [-0.2, -0.15) is 0 Å². The van der Waals surface area contributed by atoms with Crippen molar-refractivity contribution >= 4 is 17.3 Å². The molecule has 106 valence electrons. The Morgan fingerprint density at radius 2 is 2.00 bits per heavy atom. The molecule has 0 bridgehead atoms. The van der Waals surface area contributed by atoms with Gasteiger partial charge < -0.3 is 5.73 Å². The fourth-order valence-electron chi connectivity index (χ4n) is 1.99. The second-order valence-corrected chi connectivity index (χ2v) is 4.90. The first-order valence-corrected chi connectivity index (χ1v) is 6.58. The van der Waals surface area contributed by atoms with E-state index in [0.717, 1.165) is 5.56 Å². The minimum absolute atomic E-state index is 0.234. The third-order valence-electron chi connectivity index (χ3n) is 3.06. The van der Waals surface area contributed by atoms with Gasteiger partial charge >= 0.3 is 0 Å². The molecule has 1 heterocycles. The second kappa shape index (κ2) is 5.49. The van der Waals surface area contributed by atoms with E-state index in [0.29, 0.717) is 22.1 Å². The summed E-state index contributed by atoms with van der Waals surface area (Å²) in [5, 5.41) is 12.0. The Hall–Kier alpha value is -2.47. The van der Waals surface area contributed by atoms with Crippen LogP contribution in [-0.2, 0) is 6.54 Å². The number of nitrogens with two attached hydrogens (primary N) is 1. The van der Waals surface area contributed by atoms with Gasteiger partial charge in [-0.15, -0.1) is 5.10 Å². The lowest BCUT2D eigenvalue weighted by molar-refractivity contribution is 0.579. The molecular weight excluding hydrogens is 293 g/mol. The van der Waals surface area contributed by atoms with Crippen molar-refractivity contribution in [1.82, 2.24) is 20.2 Å². The van der Waals surface area contributed by atoms with Crippen molar-refractivity contribution in [1.29, 1.82) is 0 Å². The van der Waals surface area contributed by atoms with Crippen LogP contribution in [0, 0.1) is 5.82 Å². The lowest BCUT2D eigenvalue weighted by Crippen LogP contribution is -2.06. The Morgan fingerprint density at radius 3 is 2.76 bits per heavy atom. The van der Waals surface area contributed by atoms with Crippen LogP contribution in [0.25, 0.3) is 11.4 Å². The lowest BCUT2D eigenvalue weighted by Gasteiger charge is -2.07. The maximum Gasteiger partial charge on any atom is 0.182 e. The van der Waals surface area contributed by atoms with Gasteiger partial charge in [-0.25, -0.2) is 9.07 Å². The van der Waals surface area contributed by atoms with E-state index in [-0.39, 0.29) is 12.4 Å². The molecule has 0 saturated carbocycles. The number of hydrogen-bond acceptors (Lipinski definition) is 4. The highest BCUT2D eigenvalue weighted by Gasteiger charge is 2.12. The minimum Gasteiger partial charge on any atom is -0.398 e. The number of hydrogen-bond donors (Lipinski definition) is 1. The fraction of sp³-hybridized carbons (Fsp3) is 0.0714. The zero-order valence-corrected chi connectivity index (χ0v) is 11.6. The molecule has 0 atom stereocenters. The van der Waals surface area contributed by atoms with Crippen molar-refractivity contribution in [2.75, 3.05) is 5.73 Å². The van der Waals surface area contributed by atoms with Gasteiger partial charge in [0.25, 0.3) is 0 Å². The van der Waals surface area contributed by atoms with Crippen LogP contribution in [0.2, 0.25) is 5.02 Å². The first-order valence-electron chi connectivity index (χ1n) is 6.20. The van der Waals surface area contributed by atoms with Crippen LogP contribution < -0.4 is 5.73 Å². The third kappa shape index (κ3) is 2.71. The van der Waals surface area contributed by atoms with Crippen LogP contribution in [0.15, 0.2) is 42.5 Å². The van der Waals surface area contributed by atoms with E-state index in [1.807, 2.05) is 0 Å². The van der Waals surface area contributed by atoms with Crippen molar-refractivity contribution in [2.45, 2.75) is 6.54 Å². The fourth-order valence-corrected chi connectivity index (χ4v) is 2.11. The molecule has 0 aliphatic carbocycles. The van der Waals surface area contributed by atoms with E-state index in [1.54, 1.807) is 36.4 Å².